The minimum atomic E-state index is -0.571. The summed E-state index contributed by atoms with van der Waals surface area (Å²) < 4.78 is 2.08. The normalized spacial score (nSPS) is 15.2. The first-order valence-electron chi connectivity index (χ1n) is 10.4. The van der Waals surface area contributed by atoms with Crippen molar-refractivity contribution in [2.75, 3.05) is 23.9 Å². The van der Waals surface area contributed by atoms with E-state index in [1.165, 1.54) is 4.90 Å². The Hall–Kier alpha value is -3.13. The van der Waals surface area contributed by atoms with E-state index >= 15 is 0 Å². The molecule has 34 heavy (non-hydrogen) atoms. The number of carbonyl (C=O) groups is 2. The van der Waals surface area contributed by atoms with Gasteiger partial charge in [0.15, 0.2) is 5.11 Å². The summed E-state index contributed by atoms with van der Waals surface area (Å²) in [4.78, 5) is 29.3. The lowest BCUT2D eigenvalue weighted by atomic mass is 10.1. The van der Waals surface area contributed by atoms with E-state index in [9.17, 15) is 9.59 Å². The molecule has 1 aromatic heterocycles. The van der Waals surface area contributed by atoms with Gasteiger partial charge in [-0.15, -0.1) is 0 Å². The molecule has 174 valence electrons. The second-order valence-corrected chi connectivity index (χ2v) is 9.28. The molecule has 2 aromatic carbocycles. The molecule has 1 aliphatic rings. The Balaban J connectivity index is 1.75. The summed E-state index contributed by atoms with van der Waals surface area (Å²) in [6, 6.07) is 15.0. The third-order valence-corrected chi connectivity index (χ3v) is 6.76. The molecular formula is C25H22Cl2N4O2S. The van der Waals surface area contributed by atoms with E-state index in [0.29, 0.717) is 5.69 Å². The molecule has 0 atom stereocenters. The van der Waals surface area contributed by atoms with Crippen LogP contribution in [0.15, 0.2) is 54.1 Å². The van der Waals surface area contributed by atoms with Crippen LogP contribution in [0.25, 0.3) is 11.8 Å². The third-order valence-electron chi connectivity index (χ3n) is 5.67. The molecule has 1 saturated heterocycles. The highest BCUT2D eigenvalue weighted by Crippen LogP contribution is 2.34. The Kier molecular flexibility index (Phi) is 6.53. The molecule has 1 aliphatic heterocycles. The third kappa shape index (κ3) is 4.22. The number of hydrogen-bond acceptors (Lipinski definition) is 4. The fraction of sp³-hybridized carbons (Fsp3) is 0.160. The monoisotopic (exact) mass is 512 g/mol. The Bertz CT molecular complexity index is 1360. The Morgan fingerprint density at radius 1 is 1.03 bits per heavy atom. The Morgan fingerprint density at radius 3 is 2.35 bits per heavy atom. The van der Waals surface area contributed by atoms with Gasteiger partial charge in [-0.2, -0.15) is 0 Å². The molecule has 0 saturated carbocycles. The first kappa shape index (κ1) is 24.0. The first-order valence-corrected chi connectivity index (χ1v) is 11.6. The highest BCUT2D eigenvalue weighted by Gasteiger charge is 2.36. The van der Waals surface area contributed by atoms with E-state index in [4.69, 9.17) is 35.4 Å². The van der Waals surface area contributed by atoms with Crippen LogP contribution in [-0.2, 0) is 9.59 Å². The lowest BCUT2D eigenvalue weighted by molar-refractivity contribution is -0.122. The summed E-state index contributed by atoms with van der Waals surface area (Å²) in [7, 11) is 3.98. The lowest BCUT2D eigenvalue weighted by Gasteiger charge is -2.29. The highest BCUT2D eigenvalue weighted by atomic mass is 35.5. The van der Waals surface area contributed by atoms with Gasteiger partial charge in [0.05, 0.1) is 15.7 Å². The van der Waals surface area contributed by atoms with Gasteiger partial charge in [-0.25, -0.2) is 0 Å². The number of halogens is 2. The van der Waals surface area contributed by atoms with E-state index in [-0.39, 0.29) is 20.7 Å². The zero-order valence-corrected chi connectivity index (χ0v) is 21.3. The van der Waals surface area contributed by atoms with Crippen molar-refractivity contribution >= 4 is 69.8 Å². The lowest BCUT2D eigenvalue weighted by Crippen LogP contribution is -2.54. The van der Waals surface area contributed by atoms with E-state index < -0.39 is 11.8 Å². The van der Waals surface area contributed by atoms with Crippen LogP contribution in [0, 0.1) is 13.8 Å². The van der Waals surface area contributed by atoms with Crippen molar-refractivity contribution in [2.45, 2.75) is 13.8 Å². The van der Waals surface area contributed by atoms with Gasteiger partial charge in [-0.1, -0.05) is 29.3 Å². The van der Waals surface area contributed by atoms with Gasteiger partial charge in [0.25, 0.3) is 11.8 Å². The summed E-state index contributed by atoms with van der Waals surface area (Å²) in [6.45, 7) is 3.92. The van der Waals surface area contributed by atoms with Crippen molar-refractivity contribution in [3.05, 3.63) is 81.1 Å². The largest absolute Gasteiger partial charge is 0.378 e. The number of thiocarbonyl (C=S) groups is 1. The average molecular weight is 513 g/mol. The van der Waals surface area contributed by atoms with Crippen molar-refractivity contribution in [1.82, 2.24) is 9.88 Å². The molecule has 3 aromatic rings. The minimum absolute atomic E-state index is 0.0483. The topological polar surface area (TPSA) is 57.6 Å². The number of aryl methyl sites for hydroxylation is 1. The highest BCUT2D eigenvalue weighted by molar-refractivity contribution is 7.80. The molecule has 0 aliphatic carbocycles. The molecule has 0 unspecified atom stereocenters. The van der Waals surface area contributed by atoms with Crippen molar-refractivity contribution < 1.29 is 9.59 Å². The van der Waals surface area contributed by atoms with E-state index in [1.807, 2.05) is 63.2 Å². The SMILES string of the molecule is Cc1cc(/C=C2\C(=O)NC(=S)N(c3cccc(Cl)c3Cl)C2=O)c(C)n1-c1ccc(N(C)C)cc1. The molecule has 1 fully saturated rings. The van der Waals surface area contributed by atoms with Crippen LogP contribution in [0.2, 0.25) is 10.0 Å². The van der Waals surface area contributed by atoms with Gasteiger partial charge in [-0.05, 0) is 80.2 Å². The summed E-state index contributed by atoms with van der Waals surface area (Å²) in [5.74, 6) is -1.14. The fourth-order valence-electron chi connectivity index (χ4n) is 3.93. The predicted molar refractivity (Wildman–Crippen MR) is 142 cm³/mol. The van der Waals surface area contributed by atoms with Crippen molar-refractivity contribution in [3.8, 4) is 5.69 Å². The second kappa shape index (κ2) is 9.25. The van der Waals surface area contributed by atoms with Gasteiger partial charge in [0.2, 0.25) is 0 Å². The van der Waals surface area contributed by atoms with Crippen LogP contribution in [0.4, 0.5) is 11.4 Å². The number of amides is 2. The van der Waals surface area contributed by atoms with Gasteiger partial charge in [-0.3, -0.25) is 19.8 Å². The molecule has 1 N–H and O–H groups in total. The van der Waals surface area contributed by atoms with Crippen LogP contribution in [0.1, 0.15) is 17.0 Å². The molecule has 9 heteroatoms. The summed E-state index contributed by atoms with van der Waals surface area (Å²) in [6.07, 6.45) is 1.58. The number of benzene rings is 2. The maximum absolute atomic E-state index is 13.4. The summed E-state index contributed by atoms with van der Waals surface area (Å²) >= 11 is 17.7. The predicted octanol–water partition coefficient (Wildman–Crippen LogP) is 5.30. The first-order chi connectivity index (χ1) is 16.1. The molecule has 4 rings (SSSR count). The fourth-order valence-corrected chi connectivity index (χ4v) is 4.58. The van der Waals surface area contributed by atoms with Crippen LogP contribution in [0.3, 0.4) is 0 Å². The number of aromatic nitrogens is 1. The van der Waals surface area contributed by atoms with Crippen LogP contribution < -0.4 is 15.1 Å². The van der Waals surface area contributed by atoms with Gasteiger partial charge < -0.3 is 9.47 Å². The zero-order valence-electron chi connectivity index (χ0n) is 19.0. The number of nitrogens with one attached hydrogen (secondary N) is 1. The molecule has 0 radical (unpaired) electrons. The maximum Gasteiger partial charge on any atom is 0.270 e. The molecule has 2 amide bonds. The summed E-state index contributed by atoms with van der Waals surface area (Å²) in [5, 5.41) is 2.98. The van der Waals surface area contributed by atoms with E-state index in [0.717, 1.165) is 28.3 Å². The van der Waals surface area contributed by atoms with Crippen LogP contribution in [0.5, 0.6) is 0 Å². The molecule has 6 nitrogen and oxygen atoms in total. The number of hydrogen-bond donors (Lipinski definition) is 1. The van der Waals surface area contributed by atoms with Gasteiger partial charge in [0.1, 0.15) is 5.57 Å². The zero-order chi connectivity index (χ0) is 24.7. The number of rotatable bonds is 4. The maximum atomic E-state index is 13.4. The van der Waals surface area contributed by atoms with Crippen LogP contribution in [-0.4, -0.2) is 35.6 Å². The average Bonchev–Trinajstić information content (AvgIpc) is 3.06. The Morgan fingerprint density at radius 2 is 1.71 bits per heavy atom. The van der Waals surface area contributed by atoms with Crippen LogP contribution >= 0.6 is 35.4 Å². The van der Waals surface area contributed by atoms with E-state index in [2.05, 4.69) is 9.88 Å². The molecular weight excluding hydrogens is 491 g/mol. The summed E-state index contributed by atoms with van der Waals surface area (Å²) in [5.41, 5.74) is 4.94. The standard InChI is InChI=1S/C25H22Cl2N4O2S/c1-14-12-16(15(2)30(14)18-10-8-17(9-11-18)29(3)4)13-19-23(32)28-25(34)31(24(19)33)21-7-5-6-20(26)22(21)27/h5-13H,1-4H3,(H,28,32,34)/b19-13+. The number of anilines is 2. The minimum Gasteiger partial charge on any atom is -0.378 e. The van der Waals surface area contributed by atoms with Crippen molar-refractivity contribution in [1.29, 1.82) is 0 Å². The van der Waals surface area contributed by atoms with Crippen molar-refractivity contribution in [3.63, 3.8) is 0 Å². The Labute approximate surface area is 213 Å². The molecule has 0 spiro atoms. The smallest absolute Gasteiger partial charge is 0.270 e. The second-order valence-electron chi connectivity index (χ2n) is 8.10. The quantitative estimate of drug-likeness (QED) is 0.292. The van der Waals surface area contributed by atoms with Gasteiger partial charge in [0, 0.05) is 36.9 Å². The number of carbonyl (C=O) groups excluding carboxylic acids is 2. The van der Waals surface area contributed by atoms with E-state index in [1.54, 1.807) is 24.3 Å². The van der Waals surface area contributed by atoms with Gasteiger partial charge >= 0.3 is 0 Å². The molecule has 0 bridgehead atoms. The number of nitrogens with zero attached hydrogens (tertiary/aromatic N) is 3. The molecule has 2 heterocycles. The van der Waals surface area contributed by atoms with Crippen molar-refractivity contribution in [2.24, 2.45) is 0 Å².